The third kappa shape index (κ3) is 4.04. The first-order valence-electron chi connectivity index (χ1n) is 7.77. The second-order valence-corrected chi connectivity index (χ2v) is 6.50. The summed E-state index contributed by atoms with van der Waals surface area (Å²) in [5.41, 5.74) is 6.31. The largest absolute Gasteiger partial charge is 0.491 e. The number of benzene rings is 1. The number of halogens is 1. The molecule has 7 heteroatoms. The van der Waals surface area contributed by atoms with Crippen LogP contribution in [-0.2, 0) is 11.2 Å². The number of morpholine rings is 1. The van der Waals surface area contributed by atoms with Crippen molar-refractivity contribution in [2.45, 2.75) is 6.42 Å². The minimum Gasteiger partial charge on any atom is -0.491 e. The number of nitrogens with two attached hydrogens (primary N) is 1. The molecule has 0 radical (unpaired) electrons. The van der Waals surface area contributed by atoms with Crippen LogP contribution in [0.3, 0.4) is 0 Å². The first kappa shape index (κ1) is 16.7. The van der Waals surface area contributed by atoms with Gasteiger partial charge in [-0.05, 0) is 17.7 Å². The third-order valence-electron chi connectivity index (χ3n) is 3.77. The SMILES string of the molecule is NC(=O)c1sc(N2CCOCC2)cc1OCCc1cccc(F)c1. The number of rotatable bonds is 6. The fraction of sp³-hybridized carbons (Fsp3) is 0.353. The van der Waals surface area contributed by atoms with E-state index in [4.69, 9.17) is 15.2 Å². The summed E-state index contributed by atoms with van der Waals surface area (Å²) in [6.07, 6.45) is 0.554. The molecule has 1 fully saturated rings. The van der Waals surface area contributed by atoms with Gasteiger partial charge >= 0.3 is 0 Å². The van der Waals surface area contributed by atoms with Gasteiger partial charge in [0.2, 0.25) is 0 Å². The summed E-state index contributed by atoms with van der Waals surface area (Å²) in [6, 6.07) is 8.24. The van der Waals surface area contributed by atoms with E-state index < -0.39 is 5.91 Å². The van der Waals surface area contributed by atoms with E-state index in [-0.39, 0.29) is 5.82 Å². The highest BCUT2D eigenvalue weighted by Gasteiger charge is 2.20. The monoisotopic (exact) mass is 350 g/mol. The van der Waals surface area contributed by atoms with E-state index >= 15 is 0 Å². The molecule has 0 saturated carbocycles. The minimum atomic E-state index is -0.500. The normalized spacial score (nSPS) is 14.6. The van der Waals surface area contributed by atoms with E-state index in [0.717, 1.165) is 23.7 Å². The summed E-state index contributed by atoms with van der Waals surface area (Å²) in [4.78, 5) is 14.2. The molecule has 1 saturated heterocycles. The van der Waals surface area contributed by atoms with Crippen LogP contribution < -0.4 is 15.4 Å². The topological polar surface area (TPSA) is 64.8 Å². The second-order valence-electron chi connectivity index (χ2n) is 5.47. The standard InChI is InChI=1S/C17H19FN2O3S/c18-13-3-1-2-12(10-13)4-7-23-14-11-15(24-16(14)17(19)21)20-5-8-22-9-6-20/h1-3,10-11H,4-9H2,(H2,19,21). The van der Waals surface area contributed by atoms with Crippen molar-refractivity contribution in [1.29, 1.82) is 0 Å². The van der Waals surface area contributed by atoms with Crippen LogP contribution in [0.4, 0.5) is 9.39 Å². The van der Waals surface area contributed by atoms with Crippen molar-refractivity contribution in [3.63, 3.8) is 0 Å². The number of amides is 1. The Morgan fingerprint density at radius 3 is 2.83 bits per heavy atom. The molecule has 128 valence electrons. The lowest BCUT2D eigenvalue weighted by Gasteiger charge is -2.27. The maximum Gasteiger partial charge on any atom is 0.262 e. The number of nitrogens with zero attached hydrogens (tertiary/aromatic N) is 1. The predicted molar refractivity (Wildman–Crippen MR) is 91.5 cm³/mol. The average molecular weight is 350 g/mol. The first-order chi connectivity index (χ1) is 11.6. The summed E-state index contributed by atoms with van der Waals surface area (Å²) in [5, 5.41) is 0.952. The molecule has 1 amide bonds. The zero-order valence-electron chi connectivity index (χ0n) is 13.2. The average Bonchev–Trinajstić information content (AvgIpc) is 3.00. The van der Waals surface area contributed by atoms with Gasteiger partial charge in [-0.1, -0.05) is 12.1 Å². The minimum absolute atomic E-state index is 0.268. The van der Waals surface area contributed by atoms with E-state index in [9.17, 15) is 9.18 Å². The maximum absolute atomic E-state index is 13.2. The highest BCUT2D eigenvalue weighted by atomic mass is 32.1. The maximum atomic E-state index is 13.2. The molecule has 1 aliphatic heterocycles. The Balaban J connectivity index is 1.67. The van der Waals surface area contributed by atoms with Crippen LogP contribution >= 0.6 is 11.3 Å². The Bertz CT molecular complexity index is 714. The number of thiophene rings is 1. The molecule has 24 heavy (non-hydrogen) atoms. The molecule has 1 aliphatic rings. The van der Waals surface area contributed by atoms with Crippen LogP contribution in [0, 0.1) is 5.82 Å². The summed E-state index contributed by atoms with van der Waals surface area (Å²) in [6.45, 7) is 3.24. The predicted octanol–water partition coefficient (Wildman–Crippen LogP) is 2.44. The Kier molecular flexibility index (Phi) is 5.32. The summed E-state index contributed by atoms with van der Waals surface area (Å²) < 4.78 is 24.3. The van der Waals surface area contributed by atoms with E-state index in [2.05, 4.69) is 4.90 Å². The summed E-state index contributed by atoms with van der Waals surface area (Å²) >= 11 is 1.33. The molecule has 0 atom stereocenters. The number of carbonyl (C=O) groups is 1. The molecule has 2 N–H and O–H groups in total. The number of anilines is 1. The van der Waals surface area contributed by atoms with Crippen molar-refractivity contribution in [2.75, 3.05) is 37.8 Å². The smallest absolute Gasteiger partial charge is 0.262 e. The van der Waals surface area contributed by atoms with Crippen LogP contribution in [0.5, 0.6) is 5.75 Å². The summed E-state index contributed by atoms with van der Waals surface area (Å²) in [7, 11) is 0. The molecule has 5 nitrogen and oxygen atoms in total. The van der Waals surface area contributed by atoms with Crippen molar-refractivity contribution in [2.24, 2.45) is 5.73 Å². The molecule has 1 aromatic heterocycles. The zero-order valence-corrected chi connectivity index (χ0v) is 14.0. The Hall–Kier alpha value is -2.12. The lowest BCUT2D eigenvalue weighted by molar-refractivity contribution is 0.100. The van der Waals surface area contributed by atoms with Crippen LogP contribution in [0.1, 0.15) is 15.2 Å². The third-order valence-corrected chi connectivity index (χ3v) is 4.96. The molecule has 2 aromatic rings. The van der Waals surface area contributed by atoms with Crippen LogP contribution in [-0.4, -0.2) is 38.8 Å². The Morgan fingerprint density at radius 2 is 2.12 bits per heavy atom. The number of hydrogen-bond donors (Lipinski definition) is 1. The van der Waals surface area contributed by atoms with E-state index in [0.29, 0.717) is 36.9 Å². The summed E-state index contributed by atoms with van der Waals surface area (Å²) in [5.74, 6) is -0.277. The van der Waals surface area contributed by atoms with E-state index in [1.54, 1.807) is 6.07 Å². The first-order valence-corrected chi connectivity index (χ1v) is 8.59. The van der Waals surface area contributed by atoms with Crippen LogP contribution in [0.25, 0.3) is 0 Å². The Labute approximate surface area is 143 Å². The molecule has 1 aromatic carbocycles. The van der Waals surface area contributed by atoms with Gasteiger partial charge in [0.15, 0.2) is 0 Å². The highest BCUT2D eigenvalue weighted by molar-refractivity contribution is 7.18. The van der Waals surface area contributed by atoms with Crippen LogP contribution in [0.15, 0.2) is 30.3 Å². The van der Waals surface area contributed by atoms with Crippen molar-refractivity contribution in [3.05, 3.63) is 46.6 Å². The lowest BCUT2D eigenvalue weighted by atomic mass is 10.1. The van der Waals surface area contributed by atoms with Gasteiger partial charge in [-0.3, -0.25) is 4.79 Å². The van der Waals surface area contributed by atoms with Gasteiger partial charge < -0.3 is 20.1 Å². The Morgan fingerprint density at radius 1 is 1.33 bits per heavy atom. The molecule has 2 heterocycles. The highest BCUT2D eigenvalue weighted by Crippen LogP contribution is 2.36. The van der Waals surface area contributed by atoms with Crippen molar-refractivity contribution >= 4 is 22.2 Å². The lowest BCUT2D eigenvalue weighted by Crippen LogP contribution is -2.35. The van der Waals surface area contributed by atoms with Crippen molar-refractivity contribution in [3.8, 4) is 5.75 Å². The van der Waals surface area contributed by atoms with Gasteiger partial charge in [-0.2, -0.15) is 0 Å². The van der Waals surface area contributed by atoms with Crippen molar-refractivity contribution in [1.82, 2.24) is 0 Å². The fourth-order valence-electron chi connectivity index (χ4n) is 2.55. The number of primary amides is 1. The molecular weight excluding hydrogens is 331 g/mol. The molecule has 0 aliphatic carbocycles. The number of carbonyl (C=O) groups excluding carboxylic acids is 1. The number of ether oxygens (including phenoxy) is 2. The van der Waals surface area contributed by atoms with E-state index in [1.807, 2.05) is 12.1 Å². The van der Waals surface area contributed by atoms with Gasteiger partial charge in [0.05, 0.1) is 24.8 Å². The number of hydrogen-bond acceptors (Lipinski definition) is 5. The van der Waals surface area contributed by atoms with Crippen molar-refractivity contribution < 1.29 is 18.7 Å². The molecule has 0 unspecified atom stereocenters. The molecular formula is C17H19FN2O3S. The zero-order chi connectivity index (χ0) is 16.9. The molecule has 0 bridgehead atoms. The molecule has 0 spiro atoms. The van der Waals surface area contributed by atoms with Gasteiger partial charge in [0.25, 0.3) is 5.91 Å². The van der Waals surface area contributed by atoms with Gasteiger partial charge in [0, 0.05) is 25.6 Å². The van der Waals surface area contributed by atoms with Crippen LogP contribution in [0.2, 0.25) is 0 Å². The molecule has 3 rings (SSSR count). The van der Waals surface area contributed by atoms with Gasteiger partial charge in [0.1, 0.15) is 16.4 Å². The quantitative estimate of drug-likeness (QED) is 0.869. The van der Waals surface area contributed by atoms with E-state index in [1.165, 1.54) is 23.5 Å². The fourth-order valence-corrected chi connectivity index (χ4v) is 3.56. The van der Waals surface area contributed by atoms with Gasteiger partial charge in [-0.25, -0.2) is 4.39 Å². The van der Waals surface area contributed by atoms with Gasteiger partial charge in [-0.15, -0.1) is 11.3 Å². The second kappa shape index (κ2) is 7.63.